The van der Waals surface area contributed by atoms with Gasteiger partial charge in [-0.1, -0.05) is 17.7 Å². The standard InChI is InChI=1S/C37H34ClFN10O6/c38-25-16-21(5-4-20(25)17-40)48-13-10-22-27(18-48)43-19-44-33(22)46-29-8-6-24(32(39)45-29)34(51)42-12-15-55-14-11-41-26-3-1-2-23-31(26)37(54)49(36(23)53)28-7-9-30(50)47-35(28)52/h1-6,8,16,19,28,30,41,50H,7,9-15,18H2,(H,42,51)(H,47,52)(H,43,44,45,46). The van der Waals surface area contributed by atoms with Crippen LogP contribution in [0.4, 0.5) is 27.4 Å². The molecule has 0 radical (unpaired) electrons. The summed E-state index contributed by atoms with van der Waals surface area (Å²) in [6.07, 6.45) is 1.35. The number of ether oxygens (including phenoxy) is 1. The molecule has 4 aromatic rings. The number of imide groups is 1. The van der Waals surface area contributed by atoms with Crippen LogP contribution in [0.15, 0.2) is 54.9 Å². The van der Waals surface area contributed by atoms with E-state index >= 15 is 4.39 Å². The number of pyridine rings is 1. The average Bonchev–Trinajstić information content (AvgIpc) is 3.43. The lowest BCUT2D eigenvalue weighted by Gasteiger charge is -2.31. The normalized spacial score (nSPS) is 17.6. The highest BCUT2D eigenvalue weighted by Gasteiger charge is 2.45. The Bertz CT molecular complexity index is 2240. The summed E-state index contributed by atoms with van der Waals surface area (Å²) in [5.74, 6) is -2.76. The van der Waals surface area contributed by atoms with E-state index in [1.54, 1.807) is 24.3 Å². The summed E-state index contributed by atoms with van der Waals surface area (Å²) in [4.78, 5) is 67.2. The molecule has 0 saturated carbocycles. The van der Waals surface area contributed by atoms with Crippen LogP contribution in [-0.2, 0) is 22.5 Å². The highest BCUT2D eigenvalue weighted by Crippen LogP contribution is 2.33. The molecule has 16 nitrogen and oxygen atoms in total. The summed E-state index contributed by atoms with van der Waals surface area (Å²) in [5.41, 5.74) is 3.38. The van der Waals surface area contributed by atoms with E-state index < -0.39 is 41.8 Å². The number of carbonyl (C=O) groups is 4. The molecule has 7 rings (SSSR count). The lowest BCUT2D eigenvalue weighted by molar-refractivity contribution is -0.131. The highest BCUT2D eigenvalue weighted by molar-refractivity contribution is 6.32. The van der Waals surface area contributed by atoms with Crippen LogP contribution in [0, 0.1) is 17.3 Å². The molecule has 5 heterocycles. The molecule has 2 atom stereocenters. The number of hydrogen-bond donors (Lipinski definition) is 5. The van der Waals surface area contributed by atoms with Gasteiger partial charge in [0.1, 0.15) is 36.3 Å². The van der Waals surface area contributed by atoms with Crippen molar-refractivity contribution in [2.45, 2.75) is 38.1 Å². The highest BCUT2D eigenvalue weighted by atomic mass is 35.5. The second-order valence-electron chi connectivity index (χ2n) is 12.9. The molecule has 2 unspecified atom stereocenters. The van der Waals surface area contributed by atoms with Crippen molar-refractivity contribution in [3.05, 3.63) is 99.3 Å². The zero-order valence-corrected chi connectivity index (χ0v) is 29.9. The Morgan fingerprint density at radius 2 is 1.93 bits per heavy atom. The van der Waals surface area contributed by atoms with Gasteiger partial charge in [-0.25, -0.2) is 15.0 Å². The van der Waals surface area contributed by atoms with Gasteiger partial charge in [-0.2, -0.15) is 9.65 Å². The van der Waals surface area contributed by atoms with Crippen LogP contribution in [0.5, 0.6) is 0 Å². The molecule has 18 heteroatoms. The molecular weight excluding hydrogens is 735 g/mol. The maximum Gasteiger partial charge on any atom is 0.264 e. The Hall–Kier alpha value is -6.22. The molecule has 1 saturated heterocycles. The molecular formula is C37H34ClFN10O6. The second-order valence-corrected chi connectivity index (χ2v) is 13.3. The molecule has 1 fully saturated rings. The topological polar surface area (TPSA) is 215 Å². The number of nitrogens with zero attached hydrogens (tertiary/aromatic N) is 6. The Morgan fingerprint density at radius 1 is 1.09 bits per heavy atom. The van der Waals surface area contributed by atoms with Crippen molar-refractivity contribution < 1.29 is 33.4 Å². The van der Waals surface area contributed by atoms with Crippen molar-refractivity contribution in [3.8, 4) is 6.07 Å². The van der Waals surface area contributed by atoms with Gasteiger partial charge in [-0.15, -0.1) is 0 Å². The van der Waals surface area contributed by atoms with Gasteiger partial charge in [0.25, 0.3) is 17.7 Å². The number of aliphatic hydroxyl groups excluding tert-OH is 1. The fourth-order valence-electron chi connectivity index (χ4n) is 6.72. The minimum Gasteiger partial charge on any atom is -0.382 e. The van der Waals surface area contributed by atoms with E-state index in [0.717, 1.165) is 21.8 Å². The third kappa shape index (κ3) is 7.74. The maximum absolute atomic E-state index is 15.0. The third-order valence-electron chi connectivity index (χ3n) is 9.46. The number of anilines is 4. The first-order chi connectivity index (χ1) is 26.6. The number of rotatable bonds is 12. The lowest BCUT2D eigenvalue weighted by atomic mass is 10.0. The number of aliphatic hydroxyl groups is 1. The zero-order chi connectivity index (χ0) is 38.6. The van der Waals surface area contributed by atoms with Crippen LogP contribution >= 0.6 is 11.6 Å². The zero-order valence-electron chi connectivity index (χ0n) is 29.1. The summed E-state index contributed by atoms with van der Waals surface area (Å²) in [5, 5.41) is 30.3. The summed E-state index contributed by atoms with van der Waals surface area (Å²) in [7, 11) is 0. The molecule has 0 bridgehead atoms. The van der Waals surface area contributed by atoms with E-state index in [1.165, 1.54) is 24.5 Å². The number of benzene rings is 2. The summed E-state index contributed by atoms with van der Waals surface area (Å²) >= 11 is 6.24. The van der Waals surface area contributed by atoms with Crippen LogP contribution in [0.2, 0.25) is 5.02 Å². The first-order valence-electron chi connectivity index (χ1n) is 17.4. The van der Waals surface area contributed by atoms with Gasteiger partial charge in [0.15, 0.2) is 0 Å². The number of amides is 4. The van der Waals surface area contributed by atoms with Crippen LogP contribution in [0.3, 0.4) is 0 Å². The average molecular weight is 769 g/mol. The van der Waals surface area contributed by atoms with Gasteiger partial charge in [0.05, 0.1) is 52.7 Å². The van der Waals surface area contributed by atoms with Crippen molar-refractivity contribution >= 4 is 58.2 Å². The fourth-order valence-corrected chi connectivity index (χ4v) is 6.94. The van der Waals surface area contributed by atoms with E-state index in [2.05, 4.69) is 47.2 Å². The summed E-state index contributed by atoms with van der Waals surface area (Å²) < 4.78 is 20.6. The molecule has 0 spiro atoms. The first-order valence-corrected chi connectivity index (χ1v) is 17.8. The van der Waals surface area contributed by atoms with Crippen molar-refractivity contribution in [1.29, 1.82) is 5.26 Å². The number of fused-ring (bicyclic) bond motifs is 2. The van der Waals surface area contributed by atoms with Gasteiger partial charge in [0.2, 0.25) is 11.9 Å². The number of hydrogen-bond acceptors (Lipinski definition) is 13. The Labute approximate surface area is 318 Å². The Morgan fingerprint density at radius 3 is 2.71 bits per heavy atom. The Balaban J connectivity index is 0.867. The van der Waals surface area contributed by atoms with Gasteiger partial charge in [-0.3, -0.25) is 24.1 Å². The van der Waals surface area contributed by atoms with E-state index in [4.69, 9.17) is 16.3 Å². The van der Waals surface area contributed by atoms with Crippen LogP contribution in [-0.4, -0.2) is 93.7 Å². The fraction of sp³-hybridized carbons (Fsp3) is 0.297. The van der Waals surface area contributed by atoms with Gasteiger partial charge in [-0.05, 0) is 61.7 Å². The number of nitrogens with one attached hydrogen (secondary N) is 4. The molecule has 4 amide bonds. The van der Waals surface area contributed by atoms with E-state index in [0.29, 0.717) is 41.6 Å². The molecule has 3 aliphatic heterocycles. The quantitative estimate of drug-likeness (QED) is 0.0798. The second kappa shape index (κ2) is 16.0. The molecule has 2 aromatic carbocycles. The van der Waals surface area contributed by atoms with Gasteiger partial charge in [0, 0.05) is 36.6 Å². The van der Waals surface area contributed by atoms with Crippen molar-refractivity contribution in [3.63, 3.8) is 0 Å². The number of piperidine rings is 1. The predicted molar refractivity (Wildman–Crippen MR) is 196 cm³/mol. The van der Waals surface area contributed by atoms with Gasteiger partial charge >= 0.3 is 0 Å². The maximum atomic E-state index is 15.0. The van der Waals surface area contributed by atoms with Crippen LogP contribution < -0.4 is 26.2 Å². The largest absolute Gasteiger partial charge is 0.382 e. The number of nitriles is 1. The lowest BCUT2D eigenvalue weighted by Crippen LogP contribution is -2.55. The molecule has 5 N–H and O–H groups in total. The monoisotopic (exact) mass is 768 g/mol. The van der Waals surface area contributed by atoms with E-state index in [-0.39, 0.29) is 61.7 Å². The summed E-state index contributed by atoms with van der Waals surface area (Å²) in [6, 6.07) is 13.9. The minimum absolute atomic E-state index is 0.0812. The number of halogens is 2. The third-order valence-corrected chi connectivity index (χ3v) is 9.77. The molecule has 282 valence electrons. The molecule has 2 aromatic heterocycles. The summed E-state index contributed by atoms with van der Waals surface area (Å²) in [6.45, 7) is 1.73. The minimum atomic E-state index is -1.01. The molecule has 55 heavy (non-hydrogen) atoms. The number of aromatic nitrogens is 3. The number of carbonyl (C=O) groups excluding carboxylic acids is 4. The smallest absolute Gasteiger partial charge is 0.264 e. The van der Waals surface area contributed by atoms with Crippen molar-refractivity contribution in [2.24, 2.45) is 0 Å². The molecule has 3 aliphatic rings. The van der Waals surface area contributed by atoms with Gasteiger partial charge < -0.3 is 36.0 Å². The SMILES string of the molecule is N#Cc1ccc(N2CCc3c(ncnc3Nc3ccc(C(=O)NCCOCCNc4cccc5c4C(=O)N(C4CCC(O)NC4=O)C5=O)c(F)n3)C2)cc1Cl. The predicted octanol–water partition coefficient (Wildman–Crippen LogP) is 2.89. The first kappa shape index (κ1) is 37.1. The van der Waals surface area contributed by atoms with Crippen LogP contribution in [0.25, 0.3) is 0 Å². The van der Waals surface area contributed by atoms with E-state index in [1.807, 2.05) is 6.07 Å². The van der Waals surface area contributed by atoms with Crippen LogP contribution in [0.1, 0.15) is 60.7 Å². The molecule has 0 aliphatic carbocycles. The van der Waals surface area contributed by atoms with Crippen molar-refractivity contribution in [1.82, 2.24) is 30.5 Å². The Kier molecular flexibility index (Phi) is 10.8. The van der Waals surface area contributed by atoms with Crippen molar-refractivity contribution in [2.75, 3.05) is 48.4 Å². The van der Waals surface area contributed by atoms with E-state index in [9.17, 15) is 29.5 Å².